The van der Waals surface area contributed by atoms with Gasteiger partial charge in [-0.05, 0) is 49.0 Å². The van der Waals surface area contributed by atoms with E-state index in [4.69, 9.17) is 42.6 Å². The number of ether oxygens (including phenoxy) is 9. The second-order valence-corrected chi connectivity index (χ2v) is 17.8. The molecule has 8 aromatic rings. The van der Waals surface area contributed by atoms with Crippen LogP contribution in [-0.4, -0.2) is 103 Å². The van der Waals surface area contributed by atoms with Crippen LogP contribution in [0.15, 0.2) is 195 Å². The van der Waals surface area contributed by atoms with Crippen molar-refractivity contribution in [2.24, 2.45) is 0 Å². The number of nitrogens with zero attached hydrogens (tertiary/aromatic N) is 8. The molecular weight excluding hydrogens is 929 g/mol. The van der Waals surface area contributed by atoms with E-state index in [2.05, 4.69) is 30.9 Å². The van der Waals surface area contributed by atoms with E-state index in [1.54, 1.807) is 11.0 Å². The minimum atomic E-state index is -1.17. The van der Waals surface area contributed by atoms with Crippen LogP contribution in [0.25, 0.3) is 0 Å². The Balaban J connectivity index is 1.05. The summed E-state index contributed by atoms with van der Waals surface area (Å²) in [6, 6.07) is 58.3. The fraction of sp³-hybridized carbons (Fsp3) is 0.321. The molecule has 0 aliphatic carbocycles. The van der Waals surface area contributed by atoms with Gasteiger partial charge in [-0.25, -0.2) is 4.68 Å². The monoisotopic (exact) mass is 986 g/mol. The van der Waals surface area contributed by atoms with Crippen molar-refractivity contribution in [2.45, 2.75) is 101 Å². The number of benzene rings is 6. The Morgan fingerprint density at radius 1 is 0.397 bits per heavy atom. The van der Waals surface area contributed by atoms with E-state index < -0.39 is 61.3 Å². The molecule has 2 saturated heterocycles. The van der Waals surface area contributed by atoms with Crippen molar-refractivity contribution in [2.75, 3.05) is 13.2 Å². The second-order valence-electron chi connectivity index (χ2n) is 17.8. The van der Waals surface area contributed by atoms with Crippen molar-refractivity contribution >= 4 is 0 Å². The molecule has 17 heteroatoms. The molecule has 2 aromatic heterocycles. The van der Waals surface area contributed by atoms with Gasteiger partial charge in [0.1, 0.15) is 55.0 Å². The predicted octanol–water partition coefficient (Wildman–Crippen LogP) is 7.68. The molecule has 2 aliphatic rings. The minimum Gasteiger partial charge on any atom is -0.374 e. The molecule has 0 unspecified atom stereocenters. The van der Waals surface area contributed by atoms with Crippen LogP contribution in [0.3, 0.4) is 0 Å². The first-order valence-electron chi connectivity index (χ1n) is 24.5. The van der Waals surface area contributed by atoms with Gasteiger partial charge in [0.05, 0.1) is 52.9 Å². The molecule has 17 nitrogen and oxygen atoms in total. The van der Waals surface area contributed by atoms with Crippen molar-refractivity contribution in [3.05, 3.63) is 228 Å². The standard InChI is InChI=1S/C56H58N8O9/c1-7-19-41(20-8-1)31-65-37-47-49(63-40-58-60-62-63)51(67-33-43-23-11-3-12-24-43)53(69-35-45-27-15-5-16-28-45)55(71-47)73-56-54(70-36-46-29-17-6-18-30-46)52(68-34-44-25-13-4-14-26-44)50(64-59-39-57-61-64)48(72-56)38-66-32-42-21-9-2-10-22-42/h1-30,39-40,47-56H,31-38H2/t47-,48-,49+,50+,51+,52+,53-,54-,55-,56-/m1/s1. The highest BCUT2D eigenvalue weighted by molar-refractivity contribution is 5.18. The summed E-state index contributed by atoms with van der Waals surface area (Å²) >= 11 is 0. The summed E-state index contributed by atoms with van der Waals surface area (Å²) in [5.74, 6) is 0. The number of rotatable bonds is 24. The van der Waals surface area contributed by atoms with Crippen LogP contribution in [0, 0.1) is 0 Å². The molecule has 0 radical (unpaired) electrons. The third kappa shape index (κ3) is 13.4. The first-order valence-corrected chi connectivity index (χ1v) is 24.5. The zero-order valence-corrected chi connectivity index (χ0v) is 40.2. The summed E-state index contributed by atoms with van der Waals surface area (Å²) in [7, 11) is 0. The summed E-state index contributed by atoms with van der Waals surface area (Å²) in [5.41, 5.74) is 5.76. The molecular formula is C56H58N8O9. The predicted molar refractivity (Wildman–Crippen MR) is 264 cm³/mol. The fourth-order valence-electron chi connectivity index (χ4n) is 9.16. The largest absolute Gasteiger partial charge is 0.374 e. The van der Waals surface area contributed by atoms with Gasteiger partial charge < -0.3 is 42.6 Å². The molecule has 6 aromatic carbocycles. The third-order valence-corrected chi connectivity index (χ3v) is 12.7. The molecule has 10 rings (SSSR count). The van der Waals surface area contributed by atoms with Crippen LogP contribution >= 0.6 is 0 Å². The number of aromatic nitrogens is 8. The molecule has 0 saturated carbocycles. The Morgan fingerprint density at radius 2 is 0.767 bits per heavy atom. The maximum Gasteiger partial charge on any atom is 0.190 e. The van der Waals surface area contributed by atoms with E-state index in [9.17, 15) is 0 Å². The van der Waals surface area contributed by atoms with E-state index >= 15 is 0 Å². The average molecular weight is 987 g/mol. The molecule has 10 atom stereocenters. The van der Waals surface area contributed by atoms with Gasteiger partial charge in [-0.2, -0.15) is 4.80 Å². The molecule has 0 spiro atoms. The Hall–Kier alpha value is -6.90. The zero-order chi connectivity index (χ0) is 49.3. The van der Waals surface area contributed by atoms with Crippen LogP contribution in [0.1, 0.15) is 45.5 Å². The van der Waals surface area contributed by atoms with Gasteiger partial charge in [0.2, 0.25) is 0 Å². The van der Waals surface area contributed by atoms with Crippen molar-refractivity contribution in [3.63, 3.8) is 0 Å². The Labute approximate surface area is 423 Å². The lowest BCUT2D eigenvalue weighted by molar-refractivity contribution is -0.382. The second kappa shape index (κ2) is 25.7. The van der Waals surface area contributed by atoms with E-state index in [0.717, 1.165) is 33.4 Å². The lowest BCUT2D eigenvalue weighted by Gasteiger charge is -2.49. The number of hydrogen-bond acceptors (Lipinski definition) is 15. The highest BCUT2D eigenvalue weighted by Crippen LogP contribution is 2.40. The van der Waals surface area contributed by atoms with Crippen molar-refractivity contribution in [1.29, 1.82) is 0 Å². The molecule has 0 N–H and O–H groups in total. The molecule has 2 aliphatic heterocycles. The quantitative estimate of drug-likeness (QED) is 0.0577. The van der Waals surface area contributed by atoms with E-state index in [-0.39, 0.29) is 39.6 Å². The van der Waals surface area contributed by atoms with Crippen molar-refractivity contribution < 1.29 is 42.6 Å². The maximum atomic E-state index is 7.33. The van der Waals surface area contributed by atoms with E-state index in [1.165, 1.54) is 11.1 Å². The Morgan fingerprint density at radius 3 is 1.14 bits per heavy atom. The molecule has 2 fully saturated rings. The smallest absolute Gasteiger partial charge is 0.190 e. The summed E-state index contributed by atoms with van der Waals surface area (Å²) in [6.07, 6.45) is -4.36. The maximum absolute atomic E-state index is 7.33. The van der Waals surface area contributed by atoms with Crippen LogP contribution < -0.4 is 0 Å². The van der Waals surface area contributed by atoms with Crippen LogP contribution in [-0.2, 0) is 82.3 Å². The van der Waals surface area contributed by atoms with Crippen LogP contribution in [0.2, 0.25) is 0 Å². The summed E-state index contributed by atoms with van der Waals surface area (Å²) in [5, 5.41) is 25.6. The first-order chi connectivity index (χ1) is 36.2. The van der Waals surface area contributed by atoms with Gasteiger partial charge in [-0.3, -0.25) is 0 Å². The first kappa shape index (κ1) is 49.7. The molecule has 4 heterocycles. The molecule has 0 amide bonds. The Kier molecular flexibility index (Phi) is 17.5. The highest BCUT2D eigenvalue weighted by Gasteiger charge is 2.55. The van der Waals surface area contributed by atoms with Gasteiger partial charge in [0.25, 0.3) is 0 Å². The normalized spacial score (nSPS) is 24.1. The van der Waals surface area contributed by atoms with E-state index in [0.29, 0.717) is 13.2 Å². The summed E-state index contributed by atoms with van der Waals surface area (Å²) < 4.78 is 64.4. The zero-order valence-electron chi connectivity index (χ0n) is 40.2. The SMILES string of the molecule is c1ccc(COC[C@H]2O[C@H](O[C@H]3O[C@H](COCc4ccccc4)[C@H](n4ncnn4)[C@H](OCc4ccccc4)[C@H]3OCc3ccccc3)[C@H](OCc3ccccc3)[C@@H](OCc3ccccc3)[C@H]2n2cnnn2)cc1. The lowest BCUT2D eigenvalue weighted by atomic mass is 9.94. The number of hydrogen-bond donors (Lipinski definition) is 0. The number of tetrazole rings is 2. The van der Waals surface area contributed by atoms with Gasteiger partial charge in [-0.1, -0.05) is 182 Å². The lowest BCUT2D eigenvalue weighted by Crippen LogP contribution is -2.63. The highest BCUT2D eigenvalue weighted by atomic mass is 16.8. The fourth-order valence-corrected chi connectivity index (χ4v) is 9.16. The van der Waals surface area contributed by atoms with E-state index in [1.807, 2.05) is 182 Å². The molecule has 376 valence electrons. The summed E-state index contributed by atoms with van der Waals surface area (Å²) in [6.45, 7) is 1.66. The topological polar surface area (TPSA) is 170 Å². The van der Waals surface area contributed by atoms with Gasteiger partial charge in [0, 0.05) is 0 Å². The molecule has 73 heavy (non-hydrogen) atoms. The van der Waals surface area contributed by atoms with Gasteiger partial charge in [-0.15, -0.1) is 15.3 Å². The summed E-state index contributed by atoms with van der Waals surface area (Å²) in [4.78, 5) is 1.51. The van der Waals surface area contributed by atoms with Gasteiger partial charge in [0.15, 0.2) is 18.9 Å². The molecule has 0 bridgehead atoms. The third-order valence-electron chi connectivity index (χ3n) is 12.7. The van der Waals surface area contributed by atoms with Crippen molar-refractivity contribution in [1.82, 2.24) is 40.4 Å². The van der Waals surface area contributed by atoms with Crippen molar-refractivity contribution in [3.8, 4) is 0 Å². The Bertz CT molecular complexity index is 2570. The van der Waals surface area contributed by atoms with Crippen LogP contribution in [0.5, 0.6) is 0 Å². The minimum absolute atomic E-state index is 0.0944. The van der Waals surface area contributed by atoms with Gasteiger partial charge >= 0.3 is 0 Å². The van der Waals surface area contributed by atoms with Crippen LogP contribution in [0.4, 0.5) is 0 Å². The average Bonchev–Trinajstić information content (AvgIpc) is 4.19.